The molecule has 0 aliphatic carbocycles. The zero-order chi connectivity index (χ0) is 27.2. The number of aromatic nitrogens is 2. The number of imidazole rings is 1. The molecule has 0 saturated heterocycles. The van der Waals surface area contributed by atoms with Crippen molar-refractivity contribution in [2.24, 2.45) is 0 Å². The number of thiazole rings is 1. The smallest absolute Gasteiger partial charge is 0.272 e. The molecule has 4 aromatic rings. The van der Waals surface area contributed by atoms with Gasteiger partial charge in [0.2, 0.25) is 5.13 Å². The zero-order valence-corrected chi connectivity index (χ0v) is 21.4. The Bertz CT molecular complexity index is 1630. The highest BCUT2D eigenvalue weighted by atomic mass is 32.1. The van der Waals surface area contributed by atoms with Gasteiger partial charge >= 0.3 is 0 Å². The summed E-state index contributed by atoms with van der Waals surface area (Å²) in [7, 11) is 1.56. The number of carbonyl (C=O) groups excluding carboxylic acids is 2. The van der Waals surface area contributed by atoms with Crippen LogP contribution in [0.5, 0.6) is 5.75 Å². The number of nitrogens with zero attached hydrogens (tertiary/aromatic N) is 3. The fraction of sp³-hybridized carbons (Fsp3) is 0.222. The molecule has 2 aromatic heterocycles. The lowest BCUT2D eigenvalue weighted by Crippen LogP contribution is -2.49. The summed E-state index contributed by atoms with van der Waals surface area (Å²) in [4.78, 5) is 32.0. The molecule has 0 unspecified atom stereocenters. The van der Waals surface area contributed by atoms with Crippen molar-refractivity contribution in [2.45, 2.75) is 25.5 Å². The van der Waals surface area contributed by atoms with Gasteiger partial charge in [-0.1, -0.05) is 23.2 Å². The van der Waals surface area contributed by atoms with Crippen LogP contribution in [0.4, 0.5) is 14.5 Å². The Hall–Kier alpha value is -4.27. The summed E-state index contributed by atoms with van der Waals surface area (Å²) in [5, 5.41) is 12.0. The summed E-state index contributed by atoms with van der Waals surface area (Å²) in [5.41, 5.74) is 0.450. The molecule has 5 rings (SSSR count). The highest BCUT2D eigenvalue weighted by molar-refractivity contribution is 7.15. The minimum Gasteiger partial charge on any atom is -0.489 e. The Kier molecular flexibility index (Phi) is 6.38. The lowest BCUT2D eigenvalue weighted by atomic mass is 10.1. The standard InChI is InChI=1S/C27H22F2N4O4S/c1-27(2,36)11-10-15-4-9-21-20(12-15)32(3)25(35)19(14-37-21)30-24(34)18-13-33-22(23(29)38-26(33)31-18)16-5-7-17(28)8-6-16/h4-9,12-13,19,36H,14H2,1-3H3,(H,30,34)/t19-/m0/s1. The second-order valence-electron chi connectivity index (χ2n) is 9.24. The van der Waals surface area contributed by atoms with E-state index in [1.807, 2.05) is 0 Å². The number of hydrogen-bond donors (Lipinski definition) is 2. The summed E-state index contributed by atoms with van der Waals surface area (Å²) < 4.78 is 35.2. The Labute approximate surface area is 220 Å². The Balaban J connectivity index is 1.37. The van der Waals surface area contributed by atoms with Crippen molar-refractivity contribution < 1.29 is 28.2 Å². The molecular formula is C27H22F2N4O4S. The maximum absolute atomic E-state index is 14.6. The van der Waals surface area contributed by atoms with Gasteiger partial charge in [-0.25, -0.2) is 9.37 Å². The quantitative estimate of drug-likeness (QED) is 0.390. The third-order valence-corrected chi connectivity index (χ3v) is 6.65. The molecule has 0 saturated carbocycles. The Morgan fingerprint density at radius 3 is 2.68 bits per heavy atom. The highest BCUT2D eigenvalue weighted by Gasteiger charge is 2.32. The molecular weight excluding hydrogens is 514 g/mol. The van der Waals surface area contributed by atoms with Gasteiger partial charge < -0.3 is 20.1 Å². The van der Waals surface area contributed by atoms with Crippen LogP contribution in [0, 0.1) is 22.8 Å². The summed E-state index contributed by atoms with van der Waals surface area (Å²) in [6, 6.07) is 9.37. The van der Waals surface area contributed by atoms with Crippen LogP contribution in [0.1, 0.15) is 29.9 Å². The van der Waals surface area contributed by atoms with Crippen LogP contribution >= 0.6 is 11.3 Å². The fourth-order valence-electron chi connectivity index (χ4n) is 3.93. The molecule has 1 atom stereocenters. The van der Waals surface area contributed by atoms with Crippen molar-refractivity contribution in [3.05, 3.63) is 70.9 Å². The molecule has 2 N–H and O–H groups in total. The van der Waals surface area contributed by atoms with E-state index in [0.717, 1.165) is 11.3 Å². The normalized spacial score (nSPS) is 15.4. The number of halogens is 2. The van der Waals surface area contributed by atoms with Gasteiger partial charge in [-0.05, 0) is 56.3 Å². The average Bonchev–Trinajstić information content (AvgIpc) is 3.38. The number of rotatable bonds is 3. The number of fused-ring (bicyclic) bond motifs is 2. The lowest BCUT2D eigenvalue weighted by molar-refractivity contribution is -0.120. The molecule has 11 heteroatoms. The Morgan fingerprint density at radius 2 is 1.97 bits per heavy atom. The van der Waals surface area contributed by atoms with Crippen molar-refractivity contribution in [3.8, 4) is 28.8 Å². The van der Waals surface area contributed by atoms with Crippen molar-refractivity contribution >= 4 is 33.8 Å². The first-order valence-electron chi connectivity index (χ1n) is 11.5. The summed E-state index contributed by atoms with van der Waals surface area (Å²) in [6.45, 7) is 3.02. The van der Waals surface area contributed by atoms with Crippen molar-refractivity contribution in [1.82, 2.24) is 14.7 Å². The van der Waals surface area contributed by atoms with E-state index in [2.05, 4.69) is 22.1 Å². The minimum atomic E-state index is -1.17. The number of anilines is 1. The molecule has 8 nitrogen and oxygen atoms in total. The maximum atomic E-state index is 14.6. The lowest BCUT2D eigenvalue weighted by Gasteiger charge is -2.20. The number of benzene rings is 2. The molecule has 0 spiro atoms. The van der Waals surface area contributed by atoms with E-state index >= 15 is 0 Å². The minimum absolute atomic E-state index is 0.0130. The molecule has 2 aromatic carbocycles. The van der Waals surface area contributed by atoms with Crippen LogP contribution in [0.3, 0.4) is 0 Å². The predicted octanol–water partition coefficient (Wildman–Crippen LogP) is 3.62. The predicted molar refractivity (Wildman–Crippen MR) is 138 cm³/mol. The number of nitrogens with one attached hydrogen (secondary N) is 1. The monoisotopic (exact) mass is 536 g/mol. The number of amides is 2. The molecule has 2 amide bonds. The zero-order valence-electron chi connectivity index (χ0n) is 20.6. The number of ether oxygens (including phenoxy) is 1. The molecule has 1 aliphatic rings. The Morgan fingerprint density at radius 1 is 1.24 bits per heavy atom. The second kappa shape index (κ2) is 9.55. The van der Waals surface area contributed by atoms with E-state index in [4.69, 9.17) is 4.74 Å². The molecule has 1 aliphatic heterocycles. The average molecular weight is 537 g/mol. The third kappa shape index (κ3) is 4.96. The summed E-state index contributed by atoms with van der Waals surface area (Å²) in [6.07, 6.45) is 1.37. The third-order valence-electron chi connectivity index (χ3n) is 5.80. The van der Waals surface area contributed by atoms with Crippen LogP contribution in [-0.4, -0.2) is 51.6 Å². The summed E-state index contributed by atoms with van der Waals surface area (Å²) >= 11 is 0.750. The van der Waals surface area contributed by atoms with E-state index < -0.39 is 34.4 Å². The van der Waals surface area contributed by atoms with Gasteiger partial charge in [0.1, 0.15) is 41.2 Å². The second-order valence-corrected chi connectivity index (χ2v) is 10.2. The maximum Gasteiger partial charge on any atom is 0.272 e. The van der Waals surface area contributed by atoms with Gasteiger partial charge in [-0.2, -0.15) is 4.39 Å². The molecule has 0 fully saturated rings. The van der Waals surface area contributed by atoms with Gasteiger partial charge in [0.05, 0.1) is 5.69 Å². The van der Waals surface area contributed by atoms with Crippen molar-refractivity contribution in [3.63, 3.8) is 0 Å². The van der Waals surface area contributed by atoms with Crippen LogP contribution < -0.4 is 15.0 Å². The molecule has 3 heterocycles. The van der Waals surface area contributed by atoms with Crippen LogP contribution in [0.2, 0.25) is 0 Å². The van der Waals surface area contributed by atoms with E-state index in [1.165, 1.54) is 39.8 Å². The van der Waals surface area contributed by atoms with Crippen molar-refractivity contribution in [1.29, 1.82) is 0 Å². The topological polar surface area (TPSA) is 96.2 Å². The van der Waals surface area contributed by atoms with Gasteiger partial charge in [0.15, 0.2) is 4.96 Å². The van der Waals surface area contributed by atoms with Crippen LogP contribution in [0.25, 0.3) is 16.2 Å². The number of carbonyl (C=O) groups is 2. The van der Waals surface area contributed by atoms with Crippen LogP contribution in [-0.2, 0) is 4.79 Å². The SMILES string of the molecule is CN1C(=O)[C@@H](NC(=O)c2cn3c(-c4ccc(F)cc4)c(F)sc3n2)COc2ccc(C#CC(C)(C)O)cc21. The number of likely N-dealkylation sites (N-methyl/N-ethyl adjacent to an activating group) is 1. The largest absolute Gasteiger partial charge is 0.489 e. The van der Waals surface area contributed by atoms with Gasteiger partial charge in [0, 0.05) is 24.4 Å². The summed E-state index contributed by atoms with van der Waals surface area (Å²) in [5.74, 6) is 4.53. The molecule has 194 valence electrons. The molecule has 0 bridgehead atoms. The number of aliphatic hydroxyl groups is 1. The van der Waals surface area contributed by atoms with Gasteiger partial charge in [0.25, 0.3) is 11.8 Å². The van der Waals surface area contributed by atoms with E-state index in [1.54, 1.807) is 39.1 Å². The van der Waals surface area contributed by atoms with Gasteiger partial charge in [-0.15, -0.1) is 0 Å². The first-order valence-corrected chi connectivity index (χ1v) is 12.4. The first kappa shape index (κ1) is 25.4. The van der Waals surface area contributed by atoms with Crippen LogP contribution in [0.15, 0.2) is 48.7 Å². The van der Waals surface area contributed by atoms with Crippen molar-refractivity contribution in [2.75, 3.05) is 18.6 Å². The molecule has 0 radical (unpaired) electrons. The fourth-order valence-corrected chi connectivity index (χ4v) is 4.78. The van der Waals surface area contributed by atoms with E-state index in [-0.39, 0.29) is 23.0 Å². The number of hydrogen-bond acceptors (Lipinski definition) is 6. The molecule has 38 heavy (non-hydrogen) atoms. The highest BCUT2D eigenvalue weighted by Crippen LogP contribution is 2.32. The van der Waals surface area contributed by atoms with E-state index in [0.29, 0.717) is 22.6 Å². The van der Waals surface area contributed by atoms with Gasteiger partial charge in [-0.3, -0.25) is 14.0 Å². The first-order chi connectivity index (χ1) is 18.0. The van der Waals surface area contributed by atoms with E-state index in [9.17, 15) is 23.5 Å².